The number of hydrogen-bond acceptors (Lipinski definition) is 5. The van der Waals surface area contributed by atoms with Crippen molar-refractivity contribution >= 4 is 28.7 Å². The van der Waals surface area contributed by atoms with E-state index in [1.165, 1.54) is 28.8 Å². The van der Waals surface area contributed by atoms with E-state index in [9.17, 15) is 20.0 Å². The maximum atomic E-state index is 13.1. The number of para-hydroxylation sites is 1. The molecule has 1 N–H and O–H groups in total. The lowest BCUT2D eigenvalue weighted by atomic mass is 10.2. The van der Waals surface area contributed by atoms with E-state index in [-0.39, 0.29) is 17.0 Å². The minimum atomic E-state index is -0.460. The van der Waals surface area contributed by atoms with E-state index in [4.69, 9.17) is 0 Å². The number of non-ortho nitro benzene ring substituents is 1. The average molecular weight is 385 g/mol. The number of hydrogen-bond donors (Lipinski definition) is 1. The average Bonchev–Trinajstić information content (AvgIpc) is 2.73. The maximum Gasteiger partial charge on any atom is 0.270 e. The molecule has 0 radical (unpaired) electrons. The van der Waals surface area contributed by atoms with Gasteiger partial charge in [-0.05, 0) is 48.0 Å². The topological polar surface area (TPSA) is 98.3 Å². The van der Waals surface area contributed by atoms with Gasteiger partial charge in [-0.25, -0.2) is 4.98 Å². The van der Waals surface area contributed by atoms with E-state index in [1.807, 2.05) is 0 Å². The number of benzene rings is 3. The quantitative estimate of drug-likeness (QED) is 0.420. The Labute approximate surface area is 165 Å². The predicted octanol–water partition coefficient (Wildman–Crippen LogP) is 4.17. The van der Waals surface area contributed by atoms with Gasteiger partial charge in [0.15, 0.2) is 0 Å². The Bertz CT molecular complexity index is 1310. The second-order valence-electron chi connectivity index (χ2n) is 6.33. The fourth-order valence-corrected chi connectivity index (χ4v) is 3.03. The number of nitro benzene ring substituents is 1. The Hall–Kier alpha value is -4.26. The van der Waals surface area contributed by atoms with Gasteiger partial charge in [0.25, 0.3) is 11.2 Å². The van der Waals surface area contributed by atoms with Crippen molar-refractivity contribution in [2.24, 2.45) is 0 Å². The zero-order valence-electron chi connectivity index (χ0n) is 15.1. The number of nitrogens with zero attached hydrogens (tertiary/aromatic N) is 3. The van der Waals surface area contributed by atoms with Gasteiger partial charge in [-0.1, -0.05) is 30.3 Å². The van der Waals surface area contributed by atoms with Crippen molar-refractivity contribution in [1.82, 2.24) is 9.55 Å². The van der Waals surface area contributed by atoms with Gasteiger partial charge in [0.1, 0.15) is 11.6 Å². The molecule has 1 aromatic heterocycles. The molecule has 29 heavy (non-hydrogen) atoms. The van der Waals surface area contributed by atoms with Crippen LogP contribution in [0, 0.1) is 10.1 Å². The minimum Gasteiger partial charge on any atom is -0.508 e. The molecule has 0 saturated carbocycles. The van der Waals surface area contributed by atoms with Crippen molar-refractivity contribution in [1.29, 1.82) is 0 Å². The highest BCUT2D eigenvalue weighted by atomic mass is 16.6. The molecule has 0 spiro atoms. The van der Waals surface area contributed by atoms with Crippen molar-refractivity contribution in [3.63, 3.8) is 0 Å². The number of nitro groups is 1. The van der Waals surface area contributed by atoms with E-state index >= 15 is 0 Å². The molecule has 142 valence electrons. The lowest BCUT2D eigenvalue weighted by Gasteiger charge is -2.11. The van der Waals surface area contributed by atoms with Gasteiger partial charge in [-0.2, -0.15) is 0 Å². The highest BCUT2D eigenvalue weighted by molar-refractivity contribution is 5.80. The molecule has 0 unspecified atom stereocenters. The minimum absolute atomic E-state index is 0.0189. The van der Waals surface area contributed by atoms with Crippen LogP contribution in [0.3, 0.4) is 0 Å². The first kappa shape index (κ1) is 18.1. The van der Waals surface area contributed by atoms with Crippen molar-refractivity contribution in [3.8, 4) is 11.4 Å². The molecule has 1 heterocycles. The van der Waals surface area contributed by atoms with Gasteiger partial charge in [-0.3, -0.25) is 19.5 Å². The van der Waals surface area contributed by atoms with Gasteiger partial charge >= 0.3 is 0 Å². The molecule has 7 heteroatoms. The zero-order chi connectivity index (χ0) is 20.4. The van der Waals surface area contributed by atoms with E-state index < -0.39 is 4.92 Å². The monoisotopic (exact) mass is 385 g/mol. The summed E-state index contributed by atoms with van der Waals surface area (Å²) >= 11 is 0. The Morgan fingerprint density at radius 2 is 1.72 bits per heavy atom. The molecule has 0 aliphatic carbocycles. The summed E-state index contributed by atoms with van der Waals surface area (Å²) in [6.45, 7) is 0. The molecular formula is C22H15N3O4. The molecule has 0 atom stereocenters. The van der Waals surface area contributed by atoms with Gasteiger partial charge in [0.05, 0.1) is 21.5 Å². The molecular weight excluding hydrogens is 370 g/mol. The normalized spacial score (nSPS) is 11.2. The summed E-state index contributed by atoms with van der Waals surface area (Å²) < 4.78 is 1.44. The van der Waals surface area contributed by atoms with Crippen LogP contribution in [0.2, 0.25) is 0 Å². The van der Waals surface area contributed by atoms with Crippen molar-refractivity contribution in [2.75, 3.05) is 0 Å². The molecule has 7 nitrogen and oxygen atoms in total. The first-order valence-electron chi connectivity index (χ1n) is 8.77. The van der Waals surface area contributed by atoms with Crippen molar-refractivity contribution in [3.05, 3.63) is 105 Å². The van der Waals surface area contributed by atoms with Crippen LogP contribution >= 0.6 is 0 Å². The summed E-state index contributed by atoms with van der Waals surface area (Å²) in [7, 11) is 0. The molecule has 0 aliphatic rings. The lowest BCUT2D eigenvalue weighted by Crippen LogP contribution is -2.22. The van der Waals surface area contributed by atoms with E-state index in [0.717, 1.165) is 0 Å². The SMILES string of the molecule is O=c1c2ccccc2nc(/C=C\c2cccc([N+](=O)[O-])c2)n1-c1ccc(O)cc1. The van der Waals surface area contributed by atoms with Crippen LogP contribution in [0.5, 0.6) is 5.75 Å². The Morgan fingerprint density at radius 3 is 2.48 bits per heavy atom. The zero-order valence-corrected chi connectivity index (χ0v) is 15.1. The second kappa shape index (κ2) is 7.40. The van der Waals surface area contributed by atoms with Crippen LogP contribution in [-0.2, 0) is 0 Å². The van der Waals surface area contributed by atoms with Crippen LogP contribution in [0.15, 0.2) is 77.6 Å². The summed E-state index contributed by atoms with van der Waals surface area (Å²) in [6, 6.07) is 19.4. The third-order valence-electron chi connectivity index (χ3n) is 4.42. The standard InChI is InChI=1S/C22H15N3O4/c26-18-11-9-16(10-12-18)24-21(23-20-7-2-1-6-19(20)22(24)27)13-8-15-4-3-5-17(14-15)25(28)29/h1-14,26H/b13-8-. The predicted molar refractivity (Wildman–Crippen MR) is 111 cm³/mol. The summed E-state index contributed by atoms with van der Waals surface area (Å²) in [5, 5.41) is 21.0. The molecule has 0 saturated heterocycles. The molecule has 4 rings (SSSR count). The Kier molecular flexibility index (Phi) is 4.62. The number of rotatable bonds is 4. The van der Waals surface area contributed by atoms with Crippen molar-refractivity contribution < 1.29 is 10.0 Å². The van der Waals surface area contributed by atoms with E-state index in [2.05, 4.69) is 4.98 Å². The number of aromatic nitrogens is 2. The maximum absolute atomic E-state index is 13.1. The lowest BCUT2D eigenvalue weighted by molar-refractivity contribution is -0.384. The fraction of sp³-hybridized carbons (Fsp3) is 0. The number of phenolic OH excluding ortho intramolecular Hbond substituents is 1. The Balaban J connectivity index is 1.90. The summed E-state index contributed by atoms with van der Waals surface area (Å²) in [5.74, 6) is 0.454. The smallest absolute Gasteiger partial charge is 0.270 e. The summed E-state index contributed by atoms with van der Waals surface area (Å²) in [5.41, 5.74) is 1.43. The number of phenols is 1. The van der Waals surface area contributed by atoms with Gasteiger partial charge < -0.3 is 5.11 Å². The molecule has 3 aromatic carbocycles. The van der Waals surface area contributed by atoms with E-state index in [0.29, 0.717) is 28.0 Å². The Morgan fingerprint density at radius 1 is 0.966 bits per heavy atom. The highest BCUT2D eigenvalue weighted by Crippen LogP contribution is 2.19. The van der Waals surface area contributed by atoms with Crippen LogP contribution in [0.4, 0.5) is 5.69 Å². The van der Waals surface area contributed by atoms with Crippen molar-refractivity contribution in [2.45, 2.75) is 0 Å². The second-order valence-corrected chi connectivity index (χ2v) is 6.33. The molecule has 0 bridgehead atoms. The highest BCUT2D eigenvalue weighted by Gasteiger charge is 2.11. The largest absolute Gasteiger partial charge is 0.508 e. The molecule has 0 amide bonds. The third-order valence-corrected chi connectivity index (χ3v) is 4.42. The van der Waals surface area contributed by atoms with Gasteiger partial charge in [-0.15, -0.1) is 0 Å². The van der Waals surface area contributed by atoms with E-state index in [1.54, 1.807) is 60.7 Å². The van der Waals surface area contributed by atoms with Crippen LogP contribution in [0.25, 0.3) is 28.7 Å². The first-order valence-corrected chi connectivity index (χ1v) is 8.77. The molecule has 4 aromatic rings. The first-order chi connectivity index (χ1) is 14.0. The third kappa shape index (κ3) is 3.61. The number of fused-ring (bicyclic) bond motifs is 1. The molecule has 0 aliphatic heterocycles. The molecule has 0 fully saturated rings. The van der Waals surface area contributed by atoms with Crippen LogP contribution in [0.1, 0.15) is 11.4 Å². The van der Waals surface area contributed by atoms with Gasteiger partial charge in [0, 0.05) is 12.1 Å². The van der Waals surface area contributed by atoms with Crippen LogP contribution < -0.4 is 5.56 Å². The van der Waals surface area contributed by atoms with Crippen LogP contribution in [-0.4, -0.2) is 19.6 Å². The fourth-order valence-electron chi connectivity index (χ4n) is 3.03. The van der Waals surface area contributed by atoms with Gasteiger partial charge in [0.2, 0.25) is 0 Å². The summed E-state index contributed by atoms with van der Waals surface area (Å²) in [4.78, 5) is 28.2. The summed E-state index contributed by atoms with van der Waals surface area (Å²) in [6.07, 6.45) is 3.31. The number of aromatic hydroxyl groups is 1.